The highest BCUT2D eigenvalue weighted by Gasteiger charge is 2.12. The first-order valence-electron chi connectivity index (χ1n) is 11.2. The Labute approximate surface area is 167 Å². The fourth-order valence-corrected chi connectivity index (χ4v) is 3.51. The second-order valence-electron chi connectivity index (χ2n) is 8.07. The van der Waals surface area contributed by atoms with Gasteiger partial charge in [0.15, 0.2) is 0 Å². The monoisotopic (exact) mass is 408 g/mol. The zero-order valence-electron chi connectivity index (χ0n) is 17.9. The van der Waals surface area contributed by atoms with Crippen LogP contribution in [0.15, 0.2) is 0 Å². The Morgan fingerprint density at radius 2 is 1.04 bits per heavy atom. The molecule has 0 aliphatic rings. The van der Waals surface area contributed by atoms with Crippen molar-refractivity contribution in [3.8, 4) is 0 Å². The molecule has 0 aromatic rings. The molecule has 2 N–H and O–H groups in total. The summed E-state index contributed by atoms with van der Waals surface area (Å²) in [5, 5.41) is 0. The van der Waals surface area contributed by atoms with E-state index in [1.807, 2.05) is 0 Å². The second-order valence-corrected chi connectivity index (χ2v) is 9.31. The lowest BCUT2D eigenvalue weighted by Crippen LogP contribution is -2.01. The quantitative estimate of drug-likeness (QED) is 0.165. The average molecular weight is 409 g/mol. The average Bonchev–Trinajstić information content (AvgIpc) is 2.58. The van der Waals surface area contributed by atoms with E-state index in [0.717, 1.165) is 18.9 Å². The van der Waals surface area contributed by atoms with E-state index in [9.17, 15) is 4.57 Å². The van der Waals surface area contributed by atoms with Gasteiger partial charge >= 0.3 is 7.82 Å². The van der Waals surface area contributed by atoms with E-state index in [1.54, 1.807) is 0 Å². The van der Waals surface area contributed by atoms with Crippen molar-refractivity contribution in [3.63, 3.8) is 0 Å². The summed E-state index contributed by atoms with van der Waals surface area (Å²) in [4.78, 5) is 17.0. The number of hydrogen-bond donors (Lipinski definition) is 2. The van der Waals surface area contributed by atoms with E-state index in [-0.39, 0.29) is 6.61 Å². The molecule has 5 nitrogen and oxygen atoms in total. The summed E-state index contributed by atoms with van der Waals surface area (Å²) in [7, 11) is -4.32. The Hall–Kier alpha value is 0.0700. The SMILES string of the molecule is CC(C)CCCCCCCCCCCCCCCOCCCOP(=O)(O)O. The van der Waals surface area contributed by atoms with Crippen LogP contribution in [-0.4, -0.2) is 29.6 Å². The van der Waals surface area contributed by atoms with Crippen molar-refractivity contribution in [2.24, 2.45) is 5.92 Å². The Bertz CT molecular complexity index is 343. The van der Waals surface area contributed by atoms with Crippen LogP contribution in [-0.2, 0) is 13.8 Å². The van der Waals surface area contributed by atoms with E-state index in [2.05, 4.69) is 18.4 Å². The first-order valence-corrected chi connectivity index (χ1v) is 12.7. The van der Waals surface area contributed by atoms with Gasteiger partial charge in [-0.15, -0.1) is 0 Å². The van der Waals surface area contributed by atoms with E-state index < -0.39 is 7.82 Å². The maximum absolute atomic E-state index is 10.5. The summed E-state index contributed by atoms with van der Waals surface area (Å²) >= 11 is 0. The van der Waals surface area contributed by atoms with Gasteiger partial charge in [0, 0.05) is 13.2 Å². The summed E-state index contributed by atoms with van der Waals surface area (Å²) in [5.74, 6) is 0.862. The van der Waals surface area contributed by atoms with Crippen molar-refractivity contribution >= 4 is 7.82 Å². The highest BCUT2D eigenvalue weighted by molar-refractivity contribution is 7.46. The molecule has 0 amide bonds. The van der Waals surface area contributed by atoms with Crippen LogP contribution < -0.4 is 0 Å². The van der Waals surface area contributed by atoms with Crippen LogP contribution in [0, 0.1) is 5.92 Å². The first-order chi connectivity index (χ1) is 12.9. The summed E-state index contributed by atoms with van der Waals surface area (Å²) in [6, 6.07) is 0. The smallest absolute Gasteiger partial charge is 0.381 e. The zero-order valence-corrected chi connectivity index (χ0v) is 18.8. The van der Waals surface area contributed by atoms with Gasteiger partial charge in [-0.3, -0.25) is 4.52 Å². The normalized spacial score (nSPS) is 12.2. The number of ether oxygens (including phenoxy) is 1. The van der Waals surface area contributed by atoms with Crippen LogP contribution >= 0.6 is 7.82 Å². The van der Waals surface area contributed by atoms with Gasteiger partial charge in [-0.1, -0.05) is 97.3 Å². The molecule has 164 valence electrons. The second kappa shape index (κ2) is 19.4. The molecule has 0 atom stereocenters. The maximum atomic E-state index is 10.5. The topological polar surface area (TPSA) is 76.0 Å². The van der Waals surface area contributed by atoms with Crippen molar-refractivity contribution in [2.45, 2.75) is 110 Å². The standard InChI is InChI=1S/C21H45O5P/c1-21(2)17-14-12-10-8-6-4-3-5-7-9-11-13-15-18-25-19-16-20-26-27(22,23)24/h21H,3-20H2,1-2H3,(H2,22,23,24). The molecule has 0 fully saturated rings. The molecule has 0 heterocycles. The van der Waals surface area contributed by atoms with Gasteiger partial charge < -0.3 is 14.5 Å². The summed E-state index contributed by atoms with van der Waals surface area (Å²) < 4.78 is 20.3. The van der Waals surface area contributed by atoms with Gasteiger partial charge in [-0.25, -0.2) is 4.57 Å². The van der Waals surface area contributed by atoms with Gasteiger partial charge in [-0.2, -0.15) is 0 Å². The molecule has 0 radical (unpaired) electrons. The minimum Gasteiger partial charge on any atom is -0.381 e. The third-order valence-corrected chi connectivity index (χ3v) is 5.28. The third-order valence-electron chi connectivity index (χ3n) is 4.76. The van der Waals surface area contributed by atoms with Crippen LogP contribution in [0.5, 0.6) is 0 Å². The van der Waals surface area contributed by atoms with Gasteiger partial charge in [0.1, 0.15) is 0 Å². The van der Waals surface area contributed by atoms with Crippen LogP contribution in [0.25, 0.3) is 0 Å². The fraction of sp³-hybridized carbons (Fsp3) is 1.00. The molecule has 0 saturated heterocycles. The van der Waals surface area contributed by atoms with Crippen LogP contribution in [0.2, 0.25) is 0 Å². The molecule has 0 bridgehead atoms. The Morgan fingerprint density at radius 3 is 1.48 bits per heavy atom. The Balaban J connectivity index is 3.04. The van der Waals surface area contributed by atoms with Crippen LogP contribution in [0.4, 0.5) is 0 Å². The molecule has 0 aliphatic carbocycles. The zero-order chi connectivity index (χ0) is 20.2. The molecule has 0 aromatic carbocycles. The van der Waals surface area contributed by atoms with Crippen molar-refractivity contribution in [2.75, 3.05) is 19.8 Å². The van der Waals surface area contributed by atoms with E-state index in [1.165, 1.54) is 83.5 Å². The summed E-state index contributed by atoms with van der Waals surface area (Å²) in [6.07, 6.45) is 19.4. The molecular weight excluding hydrogens is 363 g/mol. The van der Waals surface area contributed by atoms with Crippen molar-refractivity contribution < 1.29 is 23.6 Å². The van der Waals surface area contributed by atoms with E-state index >= 15 is 0 Å². The number of phosphoric acid groups is 1. The molecule has 27 heavy (non-hydrogen) atoms. The fourth-order valence-electron chi connectivity index (χ4n) is 3.15. The predicted molar refractivity (Wildman–Crippen MR) is 113 cm³/mol. The van der Waals surface area contributed by atoms with E-state index in [4.69, 9.17) is 14.5 Å². The minimum atomic E-state index is -4.32. The highest BCUT2D eigenvalue weighted by Crippen LogP contribution is 2.35. The molecule has 0 rings (SSSR count). The van der Waals surface area contributed by atoms with Crippen molar-refractivity contribution in [3.05, 3.63) is 0 Å². The number of unbranched alkanes of at least 4 members (excludes halogenated alkanes) is 12. The molecule has 0 unspecified atom stereocenters. The Morgan fingerprint density at radius 1 is 0.630 bits per heavy atom. The number of phosphoric ester groups is 1. The maximum Gasteiger partial charge on any atom is 0.469 e. The van der Waals surface area contributed by atoms with Crippen LogP contribution in [0.3, 0.4) is 0 Å². The lowest BCUT2D eigenvalue weighted by molar-refractivity contribution is 0.108. The lowest BCUT2D eigenvalue weighted by atomic mass is 10.0. The van der Waals surface area contributed by atoms with Crippen molar-refractivity contribution in [1.29, 1.82) is 0 Å². The van der Waals surface area contributed by atoms with Gasteiger partial charge in [-0.05, 0) is 18.8 Å². The number of hydrogen-bond acceptors (Lipinski definition) is 3. The minimum absolute atomic E-state index is 0.0441. The first kappa shape index (κ1) is 27.1. The largest absolute Gasteiger partial charge is 0.469 e. The predicted octanol–water partition coefficient (Wildman–Crippen LogP) is 6.62. The van der Waals surface area contributed by atoms with Crippen LogP contribution in [0.1, 0.15) is 110 Å². The number of rotatable bonds is 21. The van der Waals surface area contributed by atoms with E-state index in [0.29, 0.717) is 13.0 Å². The lowest BCUT2D eigenvalue weighted by Gasteiger charge is -2.06. The molecule has 0 saturated carbocycles. The third kappa shape index (κ3) is 26.1. The molecule has 6 heteroatoms. The van der Waals surface area contributed by atoms with Gasteiger partial charge in [0.2, 0.25) is 0 Å². The highest BCUT2D eigenvalue weighted by atomic mass is 31.2. The van der Waals surface area contributed by atoms with Gasteiger partial charge in [0.25, 0.3) is 0 Å². The molecule has 0 aliphatic heterocycles. The summed E-state index contributed by atoms with van der Waals surface area (Å²) in [6.45, 7) is 5.89. The van der Waals surface area contributed by atoms with Crippen molar-refractivity contribution in [1.82, 2.24) is 0 Å². The summed E-state index contributed by atoms with van der Waals surface area (Å²) in [5.41, 5.74) is 0. The Kier molecular flexibility index (Phi) is 19.4. The molecular formula is C21H45O5P. The van der Waals surface area contributed by atoms with Gasteiger partial charge in [0.05, 0.1) is 6.61 Å². The molecule has 0 aromatic heterocycles. The molecule has 0 spiro atoms.